The molecule has 2 aromatic carbocycles. The van der Waals surface area contributed by atoms with E-state index in [1.165, 1.54) is 7.11 Å². The number of hydrogen-bond donors (Lipinski definition) is 0. The monoisotopic (exact) mass is 372 g/mol. The van der Waals surface area contributed by atoms with Crippen LogP contribution in [0.5, 0.6) is 17.2 Å². The second kappa shape index (κ2) is 8.31. The fourth-order valence-electron chi connectivity index (χ4n) is 3.59. The van der Waals surface area contributed by atoms with Crippen LogP contribution in [0.15, 0.2) is 36.4 Å². The Morgan fingerprint density at radius 1 is 1.04 bits per heavy atom. The van der Waals surface area contributed by atoms with Crippen LogP contribution in [0, 0.1) is 0 Å². The maximum Gasteiger partial charge on any atom is 0.308 e. The van der Waals surface area contributed by atoms with Crippen LogP contribution in [0.3, 0.4) is 0 Å². The van der Waals surface area contributed by atoms with E-state index in [0.29, 0.717) is 18.1 Å². The van der Waals surface area contributed by atoms with Crippen molar-refractivity contribution in [1.29, 1.82) is 0 Å². The van der Waals surface area contributed by atoms with Crippen molar-refractivity contribution < 1.29 is 28.5 Å². The minimum atomic E-state index is -0.415. The van der Waals surface area contributed by atoms with Gasteiger partial charge in [0.1, 0.15) is 17.2 Å². The molecule has 0 spiro atoms. The Labute approximate surface area is 158 Å². The van der Waals surface area contributed by atoms with Crippen molar-refractivity contribution in [2.45, 2.75) is 25.0 Å². The largest absolute Gasteiger partial charge is 0.497 e. The molecule has 1 heterocycles. The SMILES string of the molecule is COC(=O)C[C@@H]1OCc2cccc(OC)c2[C@H]1c1cc(OC)ccc1OC. The molecule has 0 amide bonds. The Balaban J connectivity index is 2.19. The molecule has 0 N–H and O–H groups in total. The summed E-state index contributed by atoms with van der Waals surface area (Å²) in [6.45, 7) is 0.400. The first-order valence-corrected chi connectivity index (χ1v) is 8.69. The second-order valence-corrected chi connectivity index (χ2v) is 6.25. The highest BCUT2D eigenvalue weighted by molar-refractivity contribution is 5.70. The van der Waals surface area contributed by atoms with Gasteiger partial charge in [-0.25, -0.2) is 0 Å². The van der Waals surface area contributed by atoms with Crippen molar-refractivity contribution >= 4 is 5.97 Å². The molecule has 0 radical (unpaired) electrons. The van der Waals surface area contributed by atoms with Crippen LogP contribution in [0.4, 0.5) is 0 Å². The summed E-state index contributed by atoms with van der Waals surface area (Å²) >= 11 is 0. The van der Waals surface area contributed by atoms with Crippen LogP contribution in [0.2, 0.25) is 0 Å². The number of fused-ring (bicyclic) bond motifs is 1. The van der Waals surface area contributed by atoms with E-state index in [0.717, 1.165) is 22.4 Å². The second-order valence-electron chi connectivity index (χ2n) is 6.25. The molecule has 0 saturated heterocycles. The van der Waals surface area contributed by atoms with Crippen molar-refractivity contribution in [1.82, 2.24) is 0 Å². The zero-order chi connectivity index (χ0) is 19.4. The Hall–Kier alpha value is -2.73. The number of benzene rings is 2. The Bertz CT molecular complexity index is 802. The number of ether oxygens (including phenoxy) is 5. The average molecular weight is 372 g/mol. The summed E-state index contributed by atoms with van der Waals surface area (Å²) in [5, 5.41) is 0. The predicted molar refractivity (Wildman–Crippen MR) is 99.6 cm³/mol. The van der Waals surface area contributed by atoms with Gasteiger partial charge in [0.15, 0.2) is 0 Å². The lowest BCUT2D eigenvalue weighted by Gasteiger charge is -2.35. The molecule has 0 fully saturated rings. The van der Waals surface area contributed by atoms with Crippen LogP contribution in [0.1, 0.15) is 29.0 Å². The van der Waals surface area contributed by atoms with Crippen molar-refractivity contribution in [3.8, 4) is 17.2 Å². The van der Waals surface area contributed by atoms with E-state index in [9.17, 15) is 4.79 Å². The van der Waals surface area contributed by atoms with Gasteiger partial charge >= 0.3 is 5.97 Å². The molecule has 0 aliphatic carbocycles. The summed E-state index contributed by atoms with van der Waals surface area (Å²) in [5.74, 6) is 1.54. The van der Waals surface area contributed by atoms with Crippen molar-refractivity contribution in [2.24, 2.45) is 0 Å². The first kappa shape index (κ1) is 19.0. The highest BCUT2D eigenvalue weighted by Crippen LogP contribution is 2.46. The fourth-order valence-corrected chi connectivity index (χ4v) is 3.59. The van der Waals surface area contributed by atoms with Crippen LogP contribution in [-0.2, 0) is 20.9 Å². The first-order valence-electron chi connectivity index (χ1n) is 8.69. The minimum Gasteiger partial charge on any atom is -0.497 e. The normalized spacial score (nSPS) is 18.4. The molecule has 144 valence electrons. The standard InChI is InChI=1S/C21H24O6/c1-23-14-8-9-16(24-2)15(10-14)21-18(11-19(22)26-4)27-12-13-6-5-7-17(25-3)20(13)21/h5-10,18,21H,11-12H2,1-4H3/t18-,21-/m0/s1. The lowest BCUT2D eigenvalue weighted by Crippen LogP contribution is -2.32. The maximum atomic E-state index is 12.0. The number of esters is 1. The number of methoxy groups -OCH3 is 4. The zero-order valence-electron chi connectivity index (χ0n) is 16.0. The summed E-state index contributed by atoms with van der Waals surface area (Å²) in [7, 11) is 6.25. The highest BCUT2D eigenvalue weighted by atomic mass is 16.5. The van der Waals surface area contributed by atoms with Gasteiger partial charge in [-0.3, -0.25) is 4.79 Å². The molecule has 0 unspecified atom stereocenters. The average Bonchev–Trinajstić information content (AvgIpc) is 2.72. The van der Waals surface area contributed by atoms with E-state index < -0.39 is 6.10 Å². The molecule has 0 aromatic heterocycles. The van der Waals surface area contributed by atoms with Gasteiger partial charge in [0.05, 0.1) is 47.6 Å². The van der Waals surface area contributed by atoms with Gasteiger partial charge in [-0.1, -0.05) is 12.1 Å². The summed E-state index contributed by atoms with van der Waals surface area (Å²) < 4.78 is 27.6. The molecule has 6 nitrogen and oxygen atoms in total. The van der Waals surface area contributed by atoms with Crippen molar-refractivity contribution in [2.75, 3.05) is 28.4 Å². The molecule has 1 aliphatic heterocycles. The van der Waals surface area contributed by atoms with Gasteiger partial charge in [-0.2, -0.15) is 0 Å². The summed E-state index contributed by atoms with van der Waals surface area (Å²) in [5.41, 5.74) is 2.88. The van der Waals surface area contributed by atoms with E-state index in [-0.39, 0.29) is 18.3 Å². The smallest absolute Gasteiger partial charge is 0.308 e. The van der Waals surface area contributed by atoms with Crippen LogP contribution in [0.25, 0.3) is 0 Å². The van der Waals surface area contributed by atoms with E-state index in [4.69, 9.17) is 23.7 Å². The third kappa shape index (κ3) is 3.71. The quantitative estimate of drug-likeness (QED) is 0.725. The fraction of sp³-hybridized carbons (Fsp3) is 0.381. The van der Waals surface area contributed by atoms with Gasteiger partial charge in [-0.05, 0) is 29.8 Å². The molecule has 2 atom stereocenters. The maximum absolute atomic E-state index is 12.0. The summed E-state index contributed by atoms with van der Waals surface area (Å²) in [6, 6.07) is 11.5. The minimum absolute atomic E-state index is 0.124. The zero-order valence-corrected chi connectivity index (χ0v) is 16.0. The molecule has 3 rings (SSSR count). The third-order valence-electron chi connectivity index (χ3n) is 4.88. The number of carbonyl (C=O) groups excluding carboxylic acids is 1. The molecule has 1 aliphatic rings. The molecule has 2 aromatic rings. The van der Waals surface area contributed by atoms with E-state index >= 15 is 0 Å². The van der Waals surface area contributed by atoms with E-state index in [2.05, 4.69) is 0 Å². The molecular formula is C21H24O6. The molecule has 0 saturated carbocycles. The lowest BCUT2D eigenvalue weighted by molar-refractivity contribution is -0.144. The summed E-state index contributed by atoms with van der Waals surface area (Å²) in [4.78, 5) is 12.0. The predicted octanol–water partition coefficient (Wildman–Crippen LogP) is 3.31. The summed E-state index contributed by atoms with van der Waals surface area (Å²) in [6.07, 6.45) is -0.291. The van der Waals surface area contributed by atoms with Gasteiger partial charge in [0.2, 0.25) is 0 Å². The topological polar surface area (TPSA) is 63.2 Å². The molecule has 27 heavy (non-hydrogen) atoms. The Morgan fingerprint density at radius 3 is 2.48 bits per heavy atom. The van der Waals surface area contributed by atoms with Gasteiger partial charge in [-0.15, -0.1) is 0 Å². The Morgan fingerprint density at radius 2 is 1.81 bits per heavy atom. The van der Waals surface area contributed by atoms with Crippen LogP contribution in [-0.4, -0.2) is 40.5 Å². The van der Waals surface area contributed by atoms with E-state index in [1.807, 2.05) is 36.4 Å². The molecular weight excluding hydrogens is 348 g/mol. The molecule has 6 heteroatoms. The van der Waals surface area contributed by atoms with Gasteiger partial charge in [0, 0.05) is 17.0 Å². The first-order chi connectivity index (χ1) is 13.1. The number of rotatable bonds is 6. The number of carbonyl (C=O) groups is 1. The van der Waals surface area contributed by atoms with Gasteiger partial charge < -0.3 is 23.7 Å². The lowest BCUT2D eigenvalue weighted by atomic mass is 9.80. The highest BCUT2D eigenvalue weighted by Gasteiger charge is 2.37. The van der Waals surface area contributed by atoms with Crippen molar-refractivity contribution in [3.63, 3.8) is 0 Å². The molecule has 0 bridgehead atoms. The van der Waals surface area contributed by atoms with Crippen molar-refractivity contribution in [3.05, 3.63) is 53.1 Å². The van der Waals surface area contributed by atoms with Crippen LogP contribution >= 0.6 is 0 Å². The Kier molecular flexibility index (Phi) is 5.86. The third-order valence-corrected chi connectivity index (χ3v) is 4.88. The number of hydrogen-bond acceptors (Lipinski definition) is 6. The van der Waals surface area contributed by atoms with E-state index in [1.54, 1.807) is 21.3 Å². The van der Waals surface area contributed by atoms with Crippen LogP contribution < -0.4 is 14.2 Å². The van der Waals surface area contributed by atoms with Gasteiger partial charge in [0.25, 0.3) is 0 Å².